The number of carbonyl (C=O) groups is 1. The van der Waals surface area contributed by atoms with Gasteiger partial charge in [0.25, 0.3) is 0 Å². The minimum atomic E-state index is 0.260. The van der Waals surface area contributed by atoms with Crippen LogP contribution in [0.2, 0.25) is 0 Å². The summed E-state index contributed by atoms with van der Waals surface area (Å²) in [5, 5.41) is 3.61. The van der Waals surface area contributed by atoms with Gasteiger partial charge in [0.1, 0.15) is 0 Å². The quantitative estimate of drug-likeness (QED) is 0.905. The Hall–Kier alpha value is -1.51. The molecule has 21 heavy (non-hydrogen) atoms. The molecule has 3 heteroatoms. The van der Waals surface area contributed by atoms with Gasteiger partial charge in [-0.1, -0.05) is 31.9 Å². The lowest BCUT2D eigenvalue weighted by atomic mass is 9.82. The summed E-state index contributed by atoms with van der Waals surface area (Å²) in [5.41, 5.74) is 2.18. The van der Waals surface area contributed by atoms with Crippen molar-refractivity contribution in [2.24, 2.45) is 11.8 Å². The molecule has 1 saturated carbocycles. The molecule has 1 N–H and O–H groups in total. The molecule has 2 aliphatic rings. The SMILES string of the molecule is CC1CCCC(CNc2ccccc2N2CCCC2=O)C1. The van der Waals surface area contributed by atoms with Gasteiger partial charge in [-0.15, -0.1) is 0 Å². The van der Waals surface area contributed by atoms with Crippen molar-refractivity contribution in [2.45, 2.75) is 45.4 Å². The minimum absolute atomic E-state index is 0.260. The summed E-state index contributed by atoms with van der Waals surface area (Å²) in [6, 6.07) is 8.24. The van der Waals surface area contributed by atoms with Crippen LogP contribution in [0.15, 0.2) is 24.3 Å². The molecule has 0 bridgehead atoms. The van der Waals surface area contributed by atoms with E-state index in [1.54, 1.807) is 0 Å². The van der Waals surface area contributed by atoms with E-state index in [0.29, 0.717) is 6.42 Å². The van der Waals surface area contributed by atoms with Gasteiger partial charge in [0.15, 0.2) is 0 Å². The second-order valence-electron chi connectivity index (χ2n) is 6.68. The van der Waals surface area contributed by atoms with E-state index in [2.05, 4.69) is 30.4 Å². The highest BCUT2D eigenvalue weighted by Crippen LogP contribution is 2.32. The van der Waals surface area contributed by atoms with E-state index in [-0.39, 0.29) is 5.91 Å². The van der Waals surface area contributed by atoms with Crippen LogP contribution < -0.4 is 10.2 Å². The first-order chi connectivity index (χ1) is 10.2. The van der Waals surface area contributed by atoms with Gasteiger partial charge in [-0.05, 0) is 43.2 Å². The highest BCUT2D eigenvalue weighted by molar-refractivity contribution is 5.98. The van der Waals surface area contributed by atoms with Gasteiger partial charge in [0, 0.05) is 19.5 Å². The van der Waals surface area contributed by atoms with Crippen molar-refractivity contribution < 1.29 is 4.79 Å². The van der Waals surface area contributed by atoms with Crippen LogP contribution >= 0.6 is 0 Å². The Kier molecular flexibility index (Phi) is 4.47. The van der Waals surface area contributed by atoms with E-state index in [4.69, 9.17) is 0 Å². The fourth-order valence-electron chi connectivity index (χ4n) is 3.76. The predicted octanol–water partition coefficient (Wildman–Crippen LogP) is 4.05. The summed E-state index contributed by atoms with van der Waals surface area (Å²) in [7, 11) is 0. The molecule has 1 aliphatic carbocycles. The zero-order chi connectivity index (χ0) is 14.7. The number of nitrogens with zero attached hydrogens (tertiary/aromatic N) is 1. The maximum Gasteiger partial charge on any atom is 0.227 e. The predicted molar refractivity (Wildman–Crippen MR) is 87.6 cm³/mol. The average Bonchev–Trinajstić information content (AvgIpc) is 2.91. The van der Waals surface area contributed by atoms with Crippen LogP contribution in [0.3, 0.4) is 0 Å². The zero-order valence-electron chi connectivity index (χ0n) is 13.0. The maximum atomic E-state index is 12.0. The Morgan fingerprint density at radius 1 is 1.24 bits per heavy atom. The second kappa shape index (κ2) is 6.50. The summed E-state index contributed by atoms with van der Waals surface area (Å²) < 4.78 is 0. The number of hydrogen-bond acceptors (Lipinski definition) is 2. The van der Waals surface area contributed by atoms with Crippen molar-refractivity contribution in [1.29, 1.82) is 0 Å². The molecule has 0 aromatic heterocycles. The molecule has 3 rings (SSSR count). The number of anilines is 2. The lowest BCUT2D eigenvalue weighted by molar-refractivity contribution is -0.117. The second-order valence-corrected chi connectivity index (χ2v) is 6.68. The van der Waals surface area contributed by atoms with Gasteiger partial charge in [-0.2, -0.15) is 0 Å². The van der Waals surface area contributed by atoms with Crippen LogP contribution in [-0.4, -0.2) is 19.0 Å². The third-order valence-corrected chi connectivity index (χ3v) is 4.89. The molecule has 2 fully saturated rings. The monoisotopic (exact) mass is 286 g/mol. The smallest absolute Gasteiger partial charge is 0.227 e. The molecule has 1 amide bonds. The summed E-state index contributed by atoms with van der Waals surface area (Å²) in [6.07, 6.45) is 7.08. The molecule has 1 aromatic carbocycles. The third kappa shape index (κ3) is 3.39. The largest absolute Gasteiger partial charge is 0.383 e. The molecule has 3 nitrogen and oxygen atoms in total. The topological polar surface area (TPSA) is 32.3 Å². The molecule has 1 aromatic rings. The zero-order valence-corrected chi connectivity index (χ0v) is 13.0. The third-order valence-electron chi connectivity index (χ3n) is 4.89. The standard InChI is InChI=1S/C18H26N2O/c1-14-6-4-7-15(12-14)13-19-16-8-2-3-9-17(16)20-11-5-10-18(20)21/h2-3,8-9,14-15,19H,4-7,10-13H2,1H3. The van der Waals surface area contributed by atoms with Crippen LogP contribution in [0.25, 0.3) is 0 Å². The van der Waals surface area contributed by atoms with Crippen LogP contribution in [-0.2, 0) is 4.79 Å². The highest BCUT2D eigenvalue weighted by atomic mass is 16.2. The summed E-state index contributed by atoms with van der Waals surface area (Å²) >= 11 is 0. The number of para-hydroxylation sites is 2. The fraction of sp³-hybridized carbons (Fsp3) is 0.611. The molecular weight excluding hydrogens is 260 g/mol. The lowest BCUT2D eigenvalue weighted by Crippen LogP contribution is -2.26. The first-order valence-corrected chi connectivity index (χ1v) is 8.37. The number of hydrogen-bond donors (Lipinski definition) is 1. The number of amides is 1. The lowest BCUT2D eigenvalue weighted by Gasteiger charge is -2.28. The Labute approximate surface area is 127 Å². The molecule has 1 aliphatic heterocycles. The van der Waals surface area contributed by atoms with Crippen LogP contribution in [0.5, 0.6) is 0 Å². The van der Waals surface area contributed by atoms with E-state index >= 15 is 0 Å². The summed E-state index contributed by atoms with van der Waals surface area (Å²) in [4.78, 5) is 13.9. The van der Waals surface area contributed by atoms with Gasteiger partial charge >= 0.3 is 0 Å². The van der Waals surface area contributed by atoms with Gasteiger partial charge < -0.3 is 10.2 Å². The van der Waals surface area contributed by atoms with Gasteiger partial charge in [-0.3, -0.25) is 4.79 Å². The Morgan fingerprint density at radius 3 is 2.86 bits per heavy atom. The Bertz CT molecular complexity index is 500. The van der Waals surface area contributed by atoms with Crippen molar-refractivity contribution in [1.82, 2.24) is 0 Å². The molecular formula is C18H26N2O. The van der Waals surface area contributed by atoms with E-state index in [0.717, 1.165) is 42.7 Å². The molecule has 0 radical (unpaired) electrons. The molecule has 2 atom stereocenters. The molecule has 1 heterocycles. The first-order valence-electron chi connectivity index (χ1n) is 8.37. The summed E-state index contributed by atoms with van der Waals surface area (Å²) in [5.74, 6) is 1.90. The number of carbonyl (C=O) groups excluding carboxylic acids is 1. The van der Waals surface area contributed by atoms with Crippen molar-refractivity contribution in [3.63, 3.8) is 0 Å². The average molecular weight is 286 g/mol. The van der Waals surface area contributed by atoms with E-state index < -0.39 is 0 Å². The first kappa shape index (κ1) is 14.4. The maximum absolute atomic E-state index is 12.0. The molecule has 2 unspecified atom stereocenters. The summed E-state index contributed by atoms with van der Waals surface area (Å²) in [6.45, 7) is 4.25. The molecule has 1 saturated heterocycles. The van der Waals surface area contributed by atoms with Crippen LogP contribution in [0.4, 0.5) is 11.4 Å². The fourth-order valence-corrected chi connectivity index (χ4v) is 3.76. The highest BCUT2D eigenvalue weighted by Gasteiger charge is 2.24. The number of nitrogens with one attached hydrogen (secondary N) is 1. The van der Waals surface area contributed by atoms with E-state index in [9.17, 15) is 4.79 Å². The van der Waals surface area contributed by atoms with Gasteiger partial charge in [0.05, 0.1) is 11.4 Å². The number of rotatable bonds is 4. The van der Waals surface area contributed by atoms with Gasteiger partial charge in [-0.25, -0.2) is 0 Å². The van der Waals surface area contributed by atoms with Gasteiger partial charge in [0.2, 0.25) is 5.91 Å². The van der Waals surface area contributed by atoms with Crippen molar-refractivity contribution in [3.8, 4) is 0 Å². The minimum Gasteiger partial charge on any atom is -0.383 e. The van der Waals surface area contributed by atoms with Crippen molar-refractivity contribution in [3.05, 3.63) is 24.3 Å². The van der Waals surface area contributed by atoms with E-state index in [1.807, 2.05) is 11.0 Å². The normalized spacial score (nSPS) is 26.1. The van der Waals surface area contributed by atoms with Crippen LogP contribution in [0, 0.1) is 11.8 Å². The van der Waals surface area contributed by atoms with Crippen molar-refractivity contribution in [2.75, 3.05) is 23.3 Å². The Balaban J connectivity index is 1.66. The number of benzene rings is 1. The Morgan fingerprint density at radius 2 is 2.10 bits per heavy atom. The van der Waals surface area contributed by atoms with Crippen molar-refractivity contribution >= 4 is 17.3 Å². The molecule has 0 spiro atoms. The van der Waals surface area contributed by atoms with Crippen LogP contribution in [0.1, 0.15) is 45.4 Å². The van der Waals surface area contributed by atoms with E-state index in [1.165, 1.54) is 25.7 Å². The molecule has 114 valence electrons.